The Morgan fingerprint density at radius 1 is 1.50 bits per heavy atom. The largest absolute Gasteiger partial charge is 0.366 e. The quantitative estimate of drug-likeness (QED) is 0.756. The molecule has 1 aliphatic heterocycles. The highest BCUT2D eigenvalue weighted by Gasteiger charge is 2.18. The third-order valence-corrected chi connectivity index (χ3v) is 3.12. The van der Waals surface area contributed by atoms with Crippen LogP contribution in [0.3, 0.4) is 0 Å². The van der Waals surface area contributed by atoms with Gasteiger partial charge in [-0.3, -0.25) is 4.98 Å². The van der Waals surface area contributed by atoms with Crippen molar-refractivity contribution in [1.82, 2.24) is 15.3 Å². The number of aromatic amines is 1. The van der Waals surface area contributed by atoms with Crippen LogP contribution >= 0.6 is 0 Å². The second-order valence-electron chi connectivity index (χ2n) is 4.37. The summed E-state index contributed by atoms with van der Waals surface area (Å²) in [4.78, 5) is 10.1. The van der Waals surface area contributed by atoms with Gasteiger partial charge in [-0.15, -0.1) is 0 Å². The Hall–Kier alpha value is -1.55. The van der Waals surface area contributed by atoms with E-state index >= 15 is 0 Å². The van der Waals surface area contributed by atoms with Gasteiger partial charge in [-0.25, -0.2) is 0 Å². The lowest BCUT2D eigenvalue weighted by Gasteiger charge is -2.32. The van der Waals surface area contributed by atoms with E-state index in [1.165, 1.54) is 5.69 Å². The van der Waals surface area contributed by atoms with E-state index in [1.807, 2.05) is 12.3 Å². The molecule has 84 valence electrons. The van der Waals surface area contributed by atoms with Crippen molar-refractivity contribution in [2.24, 2.45) is 0 Å². The zero-order chi connectivity index (χ0) is 11.0. The summed E-state index contributed by atoms with van der Waals surface area (Å²) in [6, 6.07) is 4.57. The second kappa shape index (κ2) is 3.79. The molecule has 0 aromatic carbocycles. The average Bonchev–Trinajstić information content (AvgIpc) is 2.72. The number of fused-ring (bicyclic) bond motifs is 1. The fourth-order valence-electron chi connectivity index (χ4n) is 2.33. The molecular formula is C12H16N4. The number of H-pyrrole nitrogens is 1. The molecule has 2 N–H and O–H groups in total. The summed E-state index contributed by atoms with van der Waals surface area (Å²) in [6.45, 7) is 5.35. The van der Waals surface area contributed by atoms with Gasteiger partial charge in [-0.1, -0.05) is 0 Å². The Morgan fingerprint density at radius 2 is 2.44 bits per heavy atom. The number of piperazine rings is 1. The molecule has 0 radical (unpaired) electrons. The SMILES string of the molecule is C[C@@H]1CN(c2c[nH]c3cccnc23)CCN1. The van der Waals surface area contributed by atoms with Crippen LogP contribution in [0.2, 0.25) is 0 Å². The van der Waals surface area contributed by atoms with Crippen molar-refractivity contribution in [2.45, 2.75) is 13.0 Å². The van der Waals surface area contributed by atoms with Gasteiger partial charge in [0.25, 0.3) is 0 Å². The highest BCUT2D eigenvalue weighted by Crippen LogP contribution is 2.25. The van der Waals surface area contributed by atoms with E-state index < -0.39 is 0 Å². The molecule has 16 heavy (non-hydrogen) atoms. The van der Waals surface area contributed by atoms with E-state index in [0.717, 1.165) is 30.7 Å². The van der Waals surface area contributed by atoms with Crippen LogP contribution < -0.4 is 10.2 Å². The number of pyridine rings is 1. The molecule has 2 aromatic rings. The first kappa shape index (κ1) is 9.66. The minimum absolute atomic E-state index is 0.544. The third kappa shape index (κ3) is 1.55. The number of anilines is 1. The van der Waals surface area contributed by atoms with E-state index in [2.05, 4.69) is 39.4 Å². The fraction of sp³-hybridized carbons (Fsp3) is 0.417. The summed E-state index contributed by atoms with van der Waals surface area (Å²) in [5, 5.41) is 3.45. The lowest BCUT2D eigenvalue weighted by molar-refractivity contribution is 0.485. The molecule has 2 aromatic heterocycles. The first-order valence-corrected chi connectivity index (χ1v) is 5.75. The summed E-state index contributed by atoms with van der Waals surface area (Å²) < 4.78 is 0. The molecule has 1 fully saturated rings. The van der Waals surface area contributed by atoms with Gasteiger partial charge in [0.15, 0.2) is 0 Å². The van der Waals surface area contributed by atoms with Gasteiger partial charge in [0.2, 0.25) is 0 Å². The monoisotopic (exact) mass is 216 g/mol. The van der Waals surface area contributed by atoms with Crippen molar-refractivity contribution in [3.8, 4) is 0 Å². The zero-order valence-electron chi connectivity index (χ0n) is 9.40. The van der Waals surface area contributed by atoms with E-state index in [1.54, 1.807) is 0 Å². The maximum absolute atomic E-state index is 4.45. The Balaban J connectivity index is 1.99. The molecule has 4 nitrogen and oxygen atoms in total. The maximum atomic E-state index is 4.45. The maximum Gasteiger partial charge on any atom is 0.111 e. The van der Waals surface area contributed by atoms with Crippen LogP contribution in [0.25, 0.3) is 11.0 Å². The van der Waals surface area contributed by atoms with Crippen molar-refractivity contribution >= 4 is 16.7 Å². The van der Waals surface area contributed by atoms with Gasteiger partial charge < -0.3 is 15.2 Å². The van der Waals surface area contributed by atoms with Gasteiger partial charge in [0.05, 0.1) is 11.2 Å². The average molecular weight is 216 g/mol. The third-order valence-electron chi connectivity index (χ3n) is 3.12. The first-order chi connectivity index (χ1) is 7.84. The summed E-state index contributed by atoms with van der Waals surface area (Å²) in [6.07, 6.45) is 3.92. The van der Waals surface area contributed by atoms with Crippen LogP contribution in [0, 0.1) is 0 Å². The highest BCUT2D eigenvalue weighted by molar-refractivity contribution is 5.89. The summed E-state index contributed by atoms with van der Waals surface area (Å²) in [5.41, 5.74) is 3.42. The Morgan fingerprint density at radius 3 is 3.31 bits per heavy atom. The van der Waals surface area contributed by atoms with E-state index in [-0.39, 0.29) is 0 Å². The molecular weight excluding hydrogens is 200 g/mol. The normalized spacial score (nSPS) is 21.6. The molecule has 0 aliphatic carbocycles. The van der Waals surface area contributed by atoms with E-state index in [9.17, 15) is 0 Å². The Kier molecular flexibility index (Phi) is 2.29. The Bertz CT molecular complexity index is 490. The van der Waals surface area contributed by atoms with Gasteiger partial charge >= 0.3 is 0 Å². The minimum atomic E-state index is 0.544. The van der Waals surface area contributed by atoms with Gasteiger partial charge in [-0.2, -0.15) is 0 Å². The molecule has 0 amide bonds. The van der Waals surface area contributed by atoms with Crippen LogP contribution in [0.1, 0.15) is 6.92 Å². The molecule has 1 aliphatic rings. The van der Waals surface area contributed by atoms with Gasteiger partial charge in [-0.05, 0) is 19.1 Å². The molecule has 0 unspecified atom stereocenters. The Labute approximate surface area is 94.7 Å². The van der Waals surface area contributed by atoms with Crippen LogP contribution in [0.5, 0.6) is 0 Å². The molecule has 1 saturated heterocycles. The van der Waals surface area contributed by atoms with Gasteiger partial charge in [0.1, 0.15) is 5.52 Å². The first-order valence-electron chi connectivity index (χ1n) is 5.75. The molecule has 0 bridgehead atoms. The molecule has 1 atom stereocenters. The lowest BCUT2D eigenvalue weighted by Crippen LogP contribution is -2.49. The summed E-state index contributed by atoms with van der Waals surface area (Å²) in [5.74, 6) is 0. The molecule has 0 spiro atoms. The van der Waals surface area contributed by atoms with Crippen molar-refractivity contribution in [3.63, 3.8) is 0 Å². The van der Waals surface area contributed by atoms with E-state index in [4.69, 9.17) is 0 Å². The molecule has 0 saturated carbocycles. The number of nitrogens with one attached hydrogen (secondary N) is 2. The number of nitrogens with zero attached hydrogens (tertiary/aromatic N) is 2. The van der Waals surface area contributed by atoms with Crippen molar-refractivity contribution in [1.29, 1.82) is 0 Å². The van der Waals surface area contributed by atoms with Crippen molar-refractivity contribution in [2.75, 3.05) is 24.5 Å². The lowest BCUT2D eigenvalue weighted by atomic mass is 10.2. The van der Waals surface area contributed by atoms with Crippen LogP contribution in [0.4, 0.5) is 5.69 Å². The minimum Gasteiger partial charge on any atom is -0.366 e. The van der Waals surface area contributed by atoms with Crippen molar-refractivity contribution < 1.29 is 0 Å². The highest BCUT2D eigenvalue weighted by atomic mass is 15.2. The number of rotatable bonds is 1. The molecule has 3 heterocycles. The number of hydrogen-bond donors (Lipinski definition) is 2. The standard InChI is InChI=1S/C12H16N4/c1-9-8-16(6-5-13-9)11-7-15-10-3-2-4-14-12(10)11/h2-4,7,9,13,15H,5-6,8H2,1H3/t9-/m1/s1. The second-order valence-corrected chi connectivity index (χ2v) is 4.37. The molecule has 3 rings (SSSR count). The number of aromatic nitrogens is 2. The van der Waals surface area contributed by atoms with Crippen LogP contribution in [0.15, 0.2) is 24.5 Å². The summed E-state index contributed by atoms with van der Waals surface area (Å²) in [7, 11) is 0. The smallest absolute Gasteiger partial charge is 0.111 e. The van der Waals surface area contributed by atoms with Crippen molar-refractivity contribution in [3.05, 3.63) is 24.5 Å². The predicted molar refractivity (Wildman–Crippen MR) is 65.8 cm³/mol. The number of hydrogen-bond acceptors (Lipinski definition) is 3. The zero-order valence-corrected chi connectivity index (χ0v) is 9.40. The van der Waals surface area contributed by atoms with E-state index in [0.29, 0.717) is 6.04 Å². The van der Waals surface area contributed by atoms with Crippen LogP contribution in [-0.4, -0.2) is 35.6 Å². The molecule has 4 heteroatoms. The topological polar surface area (TPSA) is 44.0 Å². The fourth-order valence-corrected chi connectivity index (χ4v) is 2.33. The summed E-state index contributed by atoms with van der Waals surface area (Å²) >= 11 is 0. The van der Waals surface area contributed by atoms with Crippen LogP contribution in [-0.2, 0) is 0 Å². The van der Waals surface area contributed by atoms with Gasteiger partial charge in [0, 0.05) is 38.1 Å². The predicted octanol–water partition coefficient (Wildman–Crippen LogP) is 1.36.